The summed E-state index contributed by atoms with van der Waals surface area (Å²) in [6.07, 6.45) is 9.45. The molecule has 1 aromatic carbocycles. The number of benzene rings is 1. The average Bonchev–Trinajstić information content (AvgIpc) is 2.54. The Kier molecular flexibility index (Phi) is 5.58. The Morgan fingerprint density at radius 2 is 2.22 bits per heavy atom. The number of terminal acetylenes is 1. The van der Waals surface area contributed by atoms with Gasteiger partial charge in [-0.3, -0.25) is 10.1 Å². The molecule has 2 atom stereocenters. The summed E-state index contributed by atoms with van der Waals surface area (Å²) >= 11 is 0. The van der Waals surface area contributed by atoms with Crippen molar-refractivity contribution in [3.05, 3.63) is 33.9 Å². The van der Waals surface area contributed by atoms with Crippen molar-refractivity contribution in [2.24, 2.45) is 5.92 Å². The van der Waals surface area contributed by atoms with Gasteiger partial charge in [-0.2, -0.15) is 0 Å². The average molecular weight is 316 g/mol. The molecule has 1 aliphatic rings. The van der Waals surface area contributed by atoms with Crippen molar-refractivity contribution in [2.75, 3.05) is 11.9 Å². The van der Waals surface area contributed by atoms with Gasteiger partial charge in [-0.15, -0.1) is 6.42 Å². The molecule has 6 heteroatoms. The van der Waals surface area contributed by atoms with Crippen LogP contribution in [0.1, 0.15) is 43.0 Å². The predicted octanol–water partition coefficient (Wildman–Crippen LogP) is 3.38. The van der Waals surface area contributed by atoms with Gasteiger partial charge in [0.1, 0.15) is 5.69 Å². The zero-order valence-corrected chi connectivity index (χ0v) is 13.1. The van der Waals surface area contributed by atoms with E-state index in [9.17, 15) is 14.9 Å². The molecule has 1 fully saturated rings. The van der Waals surface area contributed by atoms with Crippen LogP contribution in [0, 0.1) is 28.4 Å². The van der Waals surface area contributed by atoms with Gasteiger partial charge in [0.05, 0.1) is 10.5 Å². The summed E-state index contributed by atoms with van der Waals surface area (Å²) in [6, 6.07) is 4.52. The highest BCUT2D eigenvalue weighted by Gasteiger charge is 2.25. The van der Waals surface area contributed by atoms with Crippen molar-refractivity contribution in [3.8, 4) is 12.3 Å². The number of nitrogens with one attached hydrogen (secondary N) is 1. The van der Waals surface area contributed by atoms with E-state index in [4.69, 9.17) is 11.2 Å². The van der Waals surface area contributed by atoms with E-state index in [-0.39, 0.29) is 23.9 Å². The van der Waals surface area contributed by atoms with Gasteiger partial charge in [0, 0.05) is 12.1 Å². The van der Waals surface area contributed by atoms with Gasteiger partial charge in [0.25, 0.3) is 5.69 Å². The van der Waals surface area contributed by atoms with Crippen molar-refractivity contribution in [2.45, 2.75) is 38.6 Å². The van der Waals surface area contributed by atoms with E-state index in [1.54, 1.807) is 6.07 Å². The Morgan fingerprint density at radius 3 is 2.87 bits per heavy atom. The molecule has 122 valence electrons. The lowest BCUT2D eigenvalue weighted by molar-refractivity contribution is -0.384. The Morgan fingerprint density at radius 1 is 1.48 bits per heavy atom. The number of rotatable bonds is 5. The van der Waals surface area contributed by atoms with Crippen molar-refractivity contribution < 1.29 is 14.5 Å². The zero-order chi connectivity index (χ0) is 16.8. The van der Waals surface area contributed by atoms with E-state index in [0.717, 1.165) is 19.3 Å². The first-order valence-electron chi connectivity index (χ1n) is 7.68. The van der Waals surface area contributed by atoms with Crippen LogP contribution >= 0.6 is 0 Å². The number of ether oxygens (including phenoxy) is 1. The largest absolute Gasteiger partial charge is 0.449 e. The first-order chi connectivity index (χ1) is 11.0. The molecule has 6 nitrogen and oxygen atoms in total. The lowest BCUT2D eigenvalue weighted by atomic mass is 9.86. The van der Waals surface area contributed by atoms with Gasteiger partial charge in [-0.05, 0) is 30.9 Å². The normalized spacial score (nSPS) is 20.3. The van der Waals surface area contributed by atoms with Gasteiger partial charge in [-0.25, -0.2) is 4.79 Å². The molecule has 23 heavy (non-hydrogen) atoms. The number of nitro benzene ring substituents is 1. The Hall–Kier alpha value is -2.55. The maximum Gasteiger partial charge on any atom is 0.339 e. The van der Waals surface area contributed by atoms with Crippen LogP contribution in [0.2, 0.25) is 0 Å². The van der Waals surface area contributed by atoms with E-state index in [0.29, 0.717) is 11.6 Å². The van der Waals surface area contributed by atoms with Crippen LogP contribution < -0.4 is 5.32 Å². The molecular formula is C17H20N2O4. The summed E-state index contributed by atoms with van der Waals surface area (Å²) in [5.41, 5.74) is 0.425. The second-order valence-corrected chi connectivity index (χ2v) is 5.78. The van der Waals surface area contributed by atoms with Crippen LogP contribution in [0.4, 0.5) is 11.4 Å². The molecule has 0 bridgehead atoms. The van der Waals surface area contributed by atoms with Crippen LogP contribution in [-0.2, 0) is 4.74 Å². The standard InChI is InChI=1S/C17H20N2O4/c1-3-10-23-17(20)13-8-9-15(16(11-13)19(21)22)18-14-7-5-4-6-12(14)2/h1,8-9,11-12,14,18H,4-7,10H2,2H3/t12-,14+/m0/s1. The number of hydrogen-bond acceptors (Lipinski definition) is 5. The van der Waals surface area contributed by atoms with Crippen molar-refractivity contribution in [3.63, 3.8) is 0 Å². The summed E-state index contributed by atoms with van der Waals surface area (Å²) in [7, 11) is 0. The van der Waals surface area contributed by atoms with Crippen molar-refractivity contribution >= 4 is 17.3 Å². The minimum Gasteiger partial charge on any atom is -0.449 e. The third kappa shape index (κ3) is 4.22. The molecule has 2 rings (SSSR count). The van der Waals surface area contributed by atoms with E-state index >= 15 is 0 Å². The fraction of sp³-hybridized carbons (Fsp3) is 0.471. The molecule has 0 heterocycles. The summed E-state index contributed by atoms with van der Waals surface area (Å²) < 4.78 is 4.80. The van der Waals surface area contributed by atoms with Gasteiger partial charge >= 0.3 is 5.97 Å². The fourth-order valence-electron chi connectivity index (χ4n) is 2.85. The Labute approximate surface area is 135 Å². The van der Waals surface area contributed by atoms with Gasteiger partial charge in [-0.1, -0.05) is 25.7 Å². The quantitative estimate of drug-likeness (QED) is 0.390. The molecular weight excluding hydrogens is 296 g/mol. The van der Waals surface area contributed by atoms with E-state index < -0.39 is 10.9 Å². The first-order valence-corrected chi connectivity index (χ1v) is 7.68. The van der Waals surface area contributed by atoms with Crippen LogP contribution in [0.3, 0.4) is 0 Å². The van der Waals surface area contributed by atoms with Crippen LogP contribution in [-0.4, -0.2) is 23.5 Å². The Balaban J connectivity index is 2.21. The van der Waals surface area contributed by atoms with Gasteiger partial charge < -0.3 is 10.1 Å². The number of nitrogens with zero attached hydrogens (tertiary/aromatic N) is 1. The predicted molar refractivity (Wildman–Crippen MR) is 87.3 cm³/mol. The minimum absolute atomic E-state index is 0.120. The number of hydrogen-bond donors (Lipinski definition) is 1. The SMILES string of the molecule is C#CCOC(=O)c1ccc(N[C@@H]2CCCC[C@@H]2C)c([N+](=O)[O-])c1. The molecule has 0 unspecified atom stereocenters. The lowest BCUT2D eigenvalue weighted by Gasteiger charge is -2.30. The highest BCUT2D eigenvalue weighted by atomic mass is 16.6. The number of nitro groups is 1. The van der Waals surface area contributed by atoms with Gasteiger partial charge in [0.2, 0.25) is 0 Å². The lowest BCUT2D eigenvalue weighted by Crippen LogP contribution is -2.30. The molecule has 0 saturated heterocycles. The minimum atomic E-state index is -0.663. The summed E-state index contributed by atoms with van der Waals surface area (Å²) in [5.74, 6) is 1.99. The Bertz CT molecular complexity index is 636. The second kappa shape index (κ2) is 7.63. The number of anilines is 1. The number of carbonyl (C=O) groups excluding carboxylic acids is 1. The molecule has 0 amide bonds. The molecule has 0 spiro atoms. The molecule has 1 saturated carbocycles. The number of esters is 1. The van der Waals surface area contributed by atoms with Crippen molar-refractivity contribution in [1.82, 2.24) is 0 Å². The summed E-state index contributed by atoms with van der Waals surface area (Å²) in [6.45, 7) is 1.99. The third-order valence-corrected chi connectivity index (χ3v) is 4.17. The zero-order valence-electron chi connectivity index (χ0n) is 13.1. The second-order valence-electron chi connectivity index (χ2n) is 5.78. The highest BCUT2D eigenvalue weighted by Crippen LogP contribution is 2.31. The first kappa shape index (κ1) is 16.8. The fourth-order valence-corrected chi connectivity index (χ4v) is 2.85. The third-order valence-electron chi connectivity index (χ3n) is 4.17. The number of carbonyl (C=O) groups is 1. The monoisotopic (exact) mass is 316 g/mol. The molecule has 1 aliphatic carbocycles. The van der Waals surface area contributed by atoms with Crippen LogP contribution in [0.15, 0.2) is 18.2 Å². The van der Waals surface area contributed by atoms with E-state index in [1.807, 2.05) is 0 Å². The van der Waals surface area contributed by atoms with Crippen LogP contribution in [0.5, 0.6) is 0 Å². The molecule has 1 aromatic rings. The topological polar surface area (TPSA) is 81.5 Å². The highest BCUT2D eigenvalue weighted by molar-refractivity contribution is 5.91. The van der Waals surface area contributed by atoms with Crippen molar-refractivity contribution in [1.29, 1.82) is 0 Å². The van der Waals surface area contributed by atoms with E-state index in [1.165, 1.54) is 18.6 Å². The van der Waals surface area contributed by atoms with Crippen LogP contribution in [0.25, 0.3) is 0 Å². The summed E-state index contributed by atoms with van der Waals surface area (Å²) in [5, 5.41) is 14.6. The van der Waals surface area contributed by atoms with E-state index in [2.05, 4.69) is 18.2 Å². The maximum atomic E-state index is 11.8. The summed E-state index contributed by atoms with van der Waals surface area (Å²) in [4.78, 5) is 22.6. The maximum absolute atomic E-state index is 11.8. The smallest absolute Gasteiger partial charge is 0.339 e. The molecule has 0 radical (unpaired) electrons. The van der Waals surface area contributed by atoms with Gasteiger partial charge in [0.15, 0.2) is 6.61 Å². The molecule has 1 N–H and O–H groups in total. The molecule has 0 aliphatic heterocycles. The molecule has 0 aromatic heterocycles.